The highest BCUT2D eigenvalue weighted by Gasteiger charge is 2.17. The average molecular weight is 374 g/mol. The van der Waals surface area contributed by atoms with Crippen LogP contribution in [0.1, 0.15) is 35.2 Å². The number of aryl methyl sites for hydroxylation is 1. The number of anilines is 2. The summed E-state index contributed by atoms with van der Waals surface area (Å²) in [4.78, 5) is 25.2. The number of hydrogen-bond donors (Lipinski definition) is 1. The second-order valence-electron chi connectivity index (χ2n) is 6.43. The molecular weight excluding hydrogens is 354 g/mol. The van der Waals surface area contributed by atoms with Crippen molar-refractivity contribution in [2.24, 2.45) is 0 Å². The molecule has 0 saturated carbocycles. The van der Waals surface area contributed by atoms with Gasteiger partial charge in [0, 0.05) is 36.0 Å². The van der Waals surface area contributed by atoms with Crippen LogP contribution in [0.3, 0.4) is 0 Å². The van der Waals surface area contributed by atoms with Crippen LogP contribution in [0.4, 0.5) is 17.1 Å². The lowest BCUT2D eigenvalue weighted by Crippen LogP contribution is -2.29. The first-order valence-electron chi connectivity index (χ1n) is 8.56. The van der Waals surface area contributed by atoms with E-state index in [4.69, 9.17) is 11.6 Å². The lowest BCUT2D eigenvalue weighted by Gasteiger charge is -2.29. The number of carbonyl (C=O) groups is 1. The molecule has 1 heterocycles. The number of amides is 1. The van der Waals surface area contributed by atoms with E-state index in [1.807, 2.05) is 6.07 Å². The molecule has 1 fully saturated rings. The Bertz CT molecular complexity index is 848. The minimum absolute atomic E-state index is 0.0730. The van der Waals surface area contributed by atoms with Crippen molar-refractivity contribution in [3.8, 4) is 0 Å². The van der Waals surface area contributed by atoms with E-state index < -0.39 is 10.8 Å². The summed E-state index contributed by atoms with van der Waals surface area (Å²) in [5.74, 6) is -0.408. The van der Waals surface area contributed by atoms with Gasteiger partial charge in [0.1, 0.15) is 0 Å². The van der Waals surface area contributed by atoms with Gasteiger partial charge in [-0.25, -0.2) is 0 Å². The Morgan fingerprint density at radius 1 is 1.15 bits per heavy atom. The highest BCUT2D eigenvalue weighted by atomic mass is 35.5. The first-order valence-corrected chi connectivity index (χ1v) is 8.94. The summed E-state index contributed by atoms with van der Waals surface area (Å²) in [5.41, 5.74) is 2.20. The van der Waals surface area contributed by atoms with Gasteiger partial charge < -0.3 is 10.2 Å². The topological polar surface area (TPSA) is 75.5 Å². The molecule has 1 aliphatic rings. The molecule has 0 aromatic heterocycles. The first kappa shape index (κ1) is 18.2. The highest BCUT2D eigenvalue weighted by Crippen LogP contribution is 2.31. The quantitative estimate of drug-likeness (QED) is 0.617. The fourth-order valence-electron chi connectivity index (χ4n) is 3.13. The summed E-state index contributed by atoms with van der Waals surface area (Å²) in [6, 6.07) is 9.85. The van der Waals surface area contributed by atoms with Crippen LogP contribution >= 0.6 is 11.6 Å². The minimum atomic E-state index is -0.490. The molecular formula is C19H20ClN3O3. The van der Waals surface area contributed by atoms with Crippen LogP contribution in [0.2, 0.25) is 5.02 Å². The first-order chi connectivity index (χ1) is 12.5. The standard InChI is InChI=1S/C19H20ClN3O3/c1-13-5-6-14(11-18(13)23(25)26)19(24)21-15-7-8-17(16(20)12-15)22-9-3-2-4-10-22/h5-8,11-12H,2-4,9-10H2,1H3,(H,21,24). The van der Waals surface area contributed by atoms with Crippen molar-refractivity contribution in [3.05, 3.63) is 62.7 Å². The van der Waals surface area contributed by atoms with Gasteiger partial charge in [-0.05, 0) is 50.5 Å². The summed E-state index contributed by atoms with van der Waals surface area (Å²) >= 11 is 6.40. The number of nitro benzene ring substituents is 1. The van der Waals surface area contributed by atoms with E-state index >= 15 is 0 Å². The number of nitro groups is 1. The van der Waals surface area contributed by atoms with Crippen molar-refractivity contribution < 1.29 is 9.72 Å². The normalized spacial score (nSPS) is 14.2. The number of hydrogen-bond acceptors (Lipinski definition) is 4. The van der Waals surface area contributed by atoms with Gasteiger partial charge >= 0.3 is 0 Å². The van der Waals surface area contributed by atoms with Crippen LogP contribution in [-0.4, -0.2) is 23.9 Å². The maximum Gasteiger partial charge on any atom is 0.273 e. The number of rotatable bonds is 4. The van der Waals surface area contributed by atoms with Gasteiger partial charge in [-0.1, -0.05) is 17.7 Å². The molecule has 1 amide bonds. The molecule has 6 nitrogen and oxygen atoms in total. The van der Waals surface area contributed by atoms with E-state index in [9.17, 15) is 14.9 Å². The van der Waals surface area contributed by atoms with Crippen molar-refractivity contribution in [1.82, 2.24) is 0 Å². The molecule has 2 aromatic rings. The molecule has 0 spiro atoms. The van der Waals surface area contributed by atoms with Crippen molar-refractivity contribution in [1.29, 1.82) is 0 Å². The van der Waals surface area contributed by atoms with Crippen LogP contribution < -0.4 is 10.2 Å². The number of benzene rings is 2. The Balaban J connectivity index is 1.76. The molecule has 1 N–H and O–H groups in total. The van der Waals surface area contributed by atoms with Gasteiger partial charge in [0.15, 0.2) is 0 Å². The van der Waals surface area contributed by atoms with Crippen LogP contribution in [0.15, 0.2) is 36.4 Å². The fraction of sp³-hybridized carbons (Fsp3) is 0.316. The molecule has 0 radical (unpaired) electrons. The molecule has 0 atom stereocenters. The van der Waals surface area contributed by atoms with E-state index in [0.717, 1.165) is 31.6 Å². The lowest BCUT2D eigenvalue weighted by molar-refractivity contribution is -0.385. The SMILES string of the molecule is Cc1ccc(C(=O)Nc2ccc(N3CCCCC3)c(Cl)c2)cc1[N+](=O)[O-]. The Morgan fingerprint density at radius 3 is 2.54 bits per heavy atom. The van der Waals surface area contributed by atoms with Gasteiger partial charge in [-0.3, -0.25) is 14.9 Å². The fourth-order valence-corrected chi connectivity index (χ4v) is 3.43. The zero-order chi connectivity index (χ0) is 18.7. The molecule has 2 aromatic carbocycles. The summed E-state index contributed by atoms with van der Waals surface area (Å²) in [7, 11) is 0. The van der Waals surface area contributed by atoms with E-state index in [1.54, 1.807) is 31.2 Å². The molecule has 0 aliphatic carbocycles. The Hall–Kier alpha value is -2.60. The summed E-state index contributed by atoms with van der Waals surface area (Å²) in [5, 5.41) is 14.4. The summed E-state index contributed by atoms with van der Waals surface area (Å²) in [6.45, 7) is 3.61. The summed E-state index contributed by atoms with van der Waals surface area (Å²) < 4.78 is 0. The predicted octanol–water partition coefficient (Wildman–Crippen LogP) is 4.80. The smallest absolute Gasteiger partial charge is 0.273 e. The van der Waals surface area contributed by atoms with Gasteiger partial charge in [0.05, 0.1) is 15.6 Å². The third-order valence-electron chi connectivity index (χ3n) is 4.57. The third kappa shape index (κ3) is 3.96. The van der Waals surface area contributed by atoms with Crippen molar-refractivity contribution >= 4 is 34.6 Å². The average Bonchev–Trinajstić information content (AvgIpc) is 2.62. The number of nitrogens with one attached hydrogen (secondary N) is 1. The monoisotopic (exact) mass is 373 g/mol. The van der Waals surface area contributed by atoms with Gasteiger partial charge in [-0.15, -0.1) is 0 Å². The zero-order valence-electron chi connectivity index (χ0n) is 14.5. The molecule has 1 saturated heterocycles. The van der Waals surface area contributed by atoms with Gasteiger partial charge in [0.2, 0.25) is 0 Å². The molecule has 0 bridgehead atoms. The molecule has 3 rings (SSSR count). The maximum absolute atomic E-state index is 12.4. The van der Waals surface area contributed by atoms with E-state index in [0.29, 0.717) is 16.3 Å². The van der Waals surface area contributed by atoms with Crippen molar-refractivity contribution in [3.63, 3.8) is 0 Å². The van der Waals surface area contributed by atoms with Crippen LogP contribution in [0.25, 0.3) is 0 Å². The second kappa shape index (κ2) is 7.74. The Kier molecular flexibility index (Phi) is 5.42. The van der Waals surface area contributed by atoms with Gasteiger partial charge in [0.25, 0.3) is 11.6 Å². The van der Waals surface area contributed by atoms with Crippen molar-refractivity contribution in [2.45, 2.75) is 26.2 Å². The molecule has 1 aliphatic heterocycles. The maximum atomic E-state index is 12.4. The number of nitrogens with zero attached hydrogens (tertiary/aromatic N) is 2. The Labute approximate surface area is 156 Å². The van der Waals surface area contributed by atoms with Crippen molar-refractivity contribution in [2.75, 3.05) is 23.3 Å². The van der Waals surface area contributed by atoms with Crippen LogP contribution in [0, 0.1) is 17.0 Å². The van der Waals surface area contributed by atoms with E-state index in [1.165, 1.54) is 12.5 Å². The highest BCUT2D eigenvalue weighted by molar-refractivity contribution is 6.33. The predicted molar refractivity (Wildman–Crippen MR) is 103 cm³/mol. The van der Waals surface area contributed by atoms with Crippen LogP contribution in [-0.2, 0) is 0 Å². The largest absolute Gasteiger partial charge is 0.370 e. The number of carbonyl (C=O) groups excluding carboxylic acids is 1. The zero-order valence-corrected chi connectivity index (χ0v) is 15.3. The summed E-state index contributed by atoms with van der Waals surface area (Å²) in [6.07, 6.45) is 3.55. The molecule has 7 heteroatoms. The minimum Gasteiger partial charge on any atom is -0.370 e. The number of piperidine rings is 1. The van der Waals surface area contributed by atoms with Crippen LogP contribution in [0.5, 0.6) is 0 Å². The molecule has 136 valence electrons. The second-order valence-corrected chi connectivity index (χ2v) is 6.83. The van der Waals surface area contributed by atoms with Gasteiger partial charge in [-0.2, -0.15) is 0 Å². The van der Waals surface area contributed by atoms with E-state index in [-0.39, 0.29) is 11.3 Å². The third-order valence-corrected chi connectivity index (χ3v) is 4.87. The molecule has 26 heavy (non-hydrogen) atoms. The Morgan fingerprint density at radius 2 is 1.88 bits per heavy atom. The lowest BCUT2D eigenvalue weighted by atomic mass is 10.1. The van der Waals surface area contributed by atoms with E-state index in [2.05, 4.69) is 10.2 Å². The number of halogens is 1. The molecule has 0 unspecified atom stereocenters.